The Bertz CT molecular complexity index is 526. The van der Waals surface area contributed by atoms with E-state index in [4.69, 9.17) is 10.00 Å². The van der Waals surface area contributed by atoms with Gasteiger partial charge in [-0.05, 0) is 25.0 Å². The number of nitriles is 1. The molecule has 2 unspecified atom stereocenters. The molecule has 0 spiro atoms. The number of aromatic nitrogens is 1. The van der Waals surface area contributed by atoms with Gasteiger partial charge in [0.15, 0.2) is 5.78 Å². The second kappa shape index (κ2) is 5.08. The van der Waals surface area contributed by atoms with Crippen LogP contribution >= 0.6 is 0 Å². The zero-order valence-electron chi connectivity index (χ0n) is 10.5. The van der Waals surface area contributed by atoms with Crippen LogP contribution in [-0.2, 0) is 4.74 Å². The lowest BCUT2D eigenvalue weighted by molar-refractivity contribution is 0.00943. The lowest BCUT2D eigenvalue weighted by atomic mass is 9.83. The molecule has 19 heavy (non-hydrogen) atoms. The van der Waals surface area contributed by atoms with Gasteiger partial charge in [-0.1, -0.05) is 6.07 Å². The van der Waals surface area contributed by atoms with E-state index in [0.717, 1.165) is 12.8 Å². The molecule has 2 fully saturated rings. The molecular formula is C14H15N3O2. The third kappa shape index (κ3) is 2.50. The maximum atomic E-state index is 12.5. The highest BCUT2D eigenvalue weighted by Crippen LogP contribution is 2.26. The molecule has 1 aromatic heterocycles. The van der Waals surface area contributed by atoms with Crippen LogP contribution in [0.15, 0.2) is 18.2 Å². The monoisotopic (exact) mass is 257 g/mol. The number of fused-ring (bicyclic) bond motifs is 2. The first-order chi connectivity index (χ1) is 9.26. The molecule has 3 rings (SSSR count). The molecule has 3 heterocycles. The van der Waals surface area contributed by atoms with Crippen LogP contribution in [0.1, 0.15) is 29.0 Å². The van der Waals surface area contributed by atoms with Gasteiger partial charge in [0.05, 0.1) is 13.2 Å². The molecule has 2 aliphatic rings. The summed E-state index contributed by atoms with van der Waals surface area (Å²) in [6.07, 6.45) is 1.57. The highest BCUT2D eigenvalue weighted by molar-refractivity contribution is 5.96. The lowest BCUT2D eigenvalue weighted by Crippen LogP contribution is -2.55. The molecule has 0 aromatic carbocycles. The Labute approximate surface area is 111 Å². The Morgan fingerprint density at radius 3 is 2.79 bits per heavy atom. The number of nitrogens with zero attached hydrogens (tertiary/aromatic N) is 2. The van der Waals surface area contributed by atoms with E-state index in [2.05, 4.69) is 10.3 Å². The molecule has 0 amide bonds. The van der Waals surface area contributed by atoms with Crippen molar-refractivity contribution in [3.8, 4) is 6.07 Å². The number of hydrogen-bond acceptors (Lipinski definition) is 5. The van der Waals surface area contributed by atoms with Crippen LogP contribution in [0.5, 0.6) is 0 Å². The zero-order valence-corrected chi connectivity index (χ0v) is 10.5. The van der Waals surface area contributed by atoms with Gasteiger partial charge in [-0.25, -0.2) is 4.98 Å². The van der Waals surface area contributed by atoms with Crippen molar-refractivity contribution in [1.82, 2.24) is 10.3 Å². The number of Topliss-reactive ketones (excluding diaryl/α,β-unsaturated/α-hetero) is 1. The van der Waals surface area contributed by atoms with Crippen molar-refractivity contribution in [1.29, 1.82) is 5.26 Å². The summed E-state index contributed by atoms with van der Waals surface area (Å²) in [5, 5.41) is 12.3. The Kier molecular flexibility index (Phi) is 3.28. The number of nitrogens with one attached hydrogen (secondary N) is 1. The molecule has 2 bridgehead atoms. The van der Waals surface area contributed by atoms with Gasteiger partial charge < -0.3 is 10.1 Å². The van der Waals surface area contributed by atoms with Gasteiger partial charge in [-0.3, -0.25) is 4.79 Å². The normalized spacial score (nSPS) is 29.5. The number of carbonyl (C=O) groups excluding carboxylic acids is 1. The average Bonchev–Trinajstić information content (AvgIpc) is 2.46. The average molecular weight is 257 g/mol. The third-order valence-corrected chi connectivity index (χ3v) is 3.73. The molecule has 5 nitrogen and oxygen atoms in total. The van der Waals surface area contributed by atoms with Crippen molar-refractivity contribution in [2.24, 2.45) is 5.92 Å². The van der Waals surface area contributed by atoms with Crippen molar-refractivity contribution in [3.63, 3.8) is 0 Å². The molecule has 98 valence electrons. The Balaban J connectivity index is 1.78. The summed E-state index contributed by atoms with van der Waals surface area (Å²) in [5.74, 6) is 0.0390. The van der Waals surface area contributed by atoms with Crippen LogP contribution in [0.4, 0.5) is 0 Å². The predicted molar refractivity (Wildman–Crippen MR) is 67.5 cm³/mol. The fourth-order valence-corrected chi connectivity index (χ4v) is 2.89. The maximum absolute atomic E-state index is 12.5. The fraction of sp³-hybridized carbons (Fsp3) is 0.500. The molecule has 0 radical (unpaired) electrons. The fourth-order valence-electron chi connectivity index (χ4n) is 2.89. The number of carbonyl (C=O) groups is 1. The second-order valence-corrected chi connectivity index (χ2v) is 5.15. The summed E-state index contributed by atoms with van der Waals surface area (Å²) in [7, 11) is 0. The van der Waals surface area contributed by atoms with E-state index in [-0.39, 0.29) is 23.8 Å². The molecule has 1 aromatic rings. The van der Waals surface area contributed by atoms with E-state index in [1.165, 1.54) is 0 Å². The van der Waals surface area contributed by atoms with Crippen LogP contribution in [0.25, 0.3) is 0 Å². The van der Waals surface area contributed by atoms with Crippen LogP contribution in [0, 0.1) is 17.2 Å². The molecule has 1 N–H and O–H groups in total. The molecular weight excluding hydrogens is 242 g/mol. The number of rotatable bonds is 2. The SMILES string of the molecule is N#Cc1cccc(C(=O)C2CC3COCC(C2)N3)n1. The summed E-state index contributed by atoms with van der Waals surface area (Å²) >= 11 is 0. The smallest absolute Gasteiger partial charge is 0.184 e. The van der Waals surface area contributed by atoms with Crippen LogP contribution < -0.4 is 5.32 Å². The number of piperidine rings is 1. The molecule has 5 heteroatoms. The van der Waals surface area contributed by atoms with Gasteiger partial charge in [0.25, 0.3) is 0 Å². The van der Waals surface area contributed by atoms with E-state index in [1.54, 1.807) is 18.2 Å². The molecule has 2 aliphatic heterocycles. The third-order valence-electron chi connectivity index (χ3n) is 3.73. The molecule has 2 saturated heterocycles. The minimum Gasteiger partial charge on any atom is -0.378 e. The minimum atomic E-state index is -0.0124. The summed E-state index contributed by atoms with van der Waals surface area (Å²) in [4.78, 5) is 16.6. The van der Waals surface area contributed by atoms with E-state index in [0.29, 0.717) is 24.6 Å². The van der Waals surface area contributed by atoms with E-state index in [9.17, 15) is 4.79 Å². The van der Waals surface area contributed by atoms with E-state index in [1.807, 2.05) is 6.07 Å². The quantitative estimate of drug-likeness (QED) is 0.797. The lowest BCUT2D eigenvalue weighted by Gasteiger charge is -2.39. The second-order valence-electron chi connectivity index (χ2n) is 5.15. The number of ether oxygens (including phenoxy) is 1. The number of ketones is 1. The number of pyridine rings is 1. The van der Waals surface area contributed by atoms with Crippen LogP contribution in [0.2, 0.25) is 0 Å². The molecule has 0 saturated carbocycles. The molecule has 2 atom stereocenters. The standard InChI is InChI=1S/C14H15N3O2/c15-6-10-2-1-3-13(17-10)14(18)9-4-11-7-19-8-12(5-9)16-11/h1-3,9,11-12,16H,4-5,7-8H2. The zero-order chi connectivity index (χ0) is 13.2. The van der Waals surface area contributed by atoms with Crippen molar-refractivity contribution < 1.29 is 9.53 Å². The van der Waals surface area contributed by atoms with Gasteiger partial charge in [-0.2, -0.15) is 5.26 Å². The van der Waals surface area contributed by atoms with Crippen molar-refractivity contribution in [2.75, 3.05) is 13.2 Å². The van der Waals surface area contributed by atoms with Gasteiger partial charge in [0.2, 0.25) is 0 Å². The van der Waals surface area contributed by atoms with Gasteiger partial charge in [0.1, 0.15) is 17.5 Å². The topological polar surface area (TPSA) is 75.0 Å². The summed E-state index contributed by atoms with van der Waals surface area (Å²) in [5.41, 5.74) is 0.702. The summed E-state index contributed by atoms with van der Waals surface area (Å²) in [6.45, 7) is 1.35. The number of morpholine rings is 1. The Morgan fingerprint density at radius 1 is 1.37 bits per heavy atom. The van der Waals surface area contributed by atoms with E-state index < -0.39 is 0 Å². The highest BCUT2D eigenvalue weighted by atomic mass is 16.5. The first kappa shape index (κ1) is 12.3. The van der Waals surface area contributed by atoms with Crippen molar-refractivity contribution in [3.05, 3.63) is 29.6 Å². The maximum Gasteiger partial charge on any atom is 0.184 e. The molecule has 0 aliphatic carbocycles. The van der Waals surface area contributed by atoms with Crippen LogP contribution in [0.3, 0.4) is 0 Å². The Hall–Kier alpha value is -1.77. The first-order valence-corrected chi connectivity index (χ1v) is 6.51. The van der Waals surface area contributed by atoms with Crippen LogP contribution in [-0.4, -0.2) is 36.1 Å². The van der Waals surface area contributed by atoms with Gasteiger partial charge >= 0.3 is 0 Å². The largest absolute Gasteiger partial charge is 0.378 e. The predicted octanol–water partition coefficient (Wildman–Crippen LogP) is 0.903. The van der Waals surface area contributed by atoms with Crippen molar-refractivity contribution in [2.45, 2.75) is 24.9 Å². The first-order valence-electron chi connectivity index (χ1n) is 6.51. The van der Waals surface area contributed by atoms with Crippen molar-refractivity contribution >= 4 is 5.78 Å². The van der Waals surface area contributed by atoms with Gasteiger partial charge in [-0.15, -0.1) is 0 Å². The van der Waals surface area contributed by atoms with E-state index >= 15 is 0 Å². The summed E-state index contributed by atoms with van der Waals surface area (Å²) in [6, 6.07) is 7.52. The van der Waals surface area contributed by atoms with Gasteiger partial charge in [0, 0.05) is 18.0 Å². The highest BCUT2D eigenvalue weighted by Gasteiger charge is 2.35. The summed E-state index contributed by atoms with van der Waals surface area (Å²) < 4.78 is 5.47. The Morgan fingerprint density at radius 2 is 2.11 bits per heavy atom. The minimum absolute atomic E-state index is 0.0124. The number of hydrogen-bond donors (Lipinski definition) is 1.